The summed E-state index contributed by atoms with van der Waals surface area (Å²) < 4.78 is 5.36. The number of anilines is 2. The van der Waals surface area contributed by atoms with Gasteiger partial charge >= 0.3 is 0 Å². The second-order valence-corrected chi connectivity index (χ2v) is 6.82. The zero-order valence-corrected chi connectivity index (χ0v) is 15.3. The summed E-state index contributed by atoms with van der Waals surface area (Å²) in [7, 11) is 0. The lowest BCUT2D eigenvalue weighted by molar-refractivity contribution is 0.0766. The minimum absolute atomic E-state index is 0.0223. The van der Waals surface area contributed by atoms with Crippen molar-refractivity contribution in [3.8, 4) is 0 Å². The van der Waals surface area contributed by atoms with Gasteiger partial charge in [0.25, 0.3) is 5.91 Å². The number of pyridine rings is 1. The first-order chi connectivity index (χ1) is 13.3. The third kappa shape index (κ3) is 4.33. The van der Waals surface area contributed by atoms with Crippen molar-refractivity contribution in [2.45, 2.75) is 18.9 Å². The third-order valence-corrected chi connectivity index (χ3v) is 4.91. The van der Waals surface area contributed by atoms with E-state index < -0.39 is 0 Å². The Kier molecular flexibility index (Phi) is 5.43. The molecule has 1 N–H and O–H groups in total. The number of ether oxygens (including phenoxy) is 1. The van der Waals surface area contributed by atoms with E-state index in [1.54, 1.807) is 18.6 Å². The van der Waals surface area contributed by atoms with Crippen LogP contribution in [0, 0.1) is 0 Å². The van der Waals surface area contributed by atoms with Gasteiger partial charge in [-0.25, -0.2) is 15.0 Å². The molecule has 27 heavy (non-hydrogen) atoms. The minimum Gasteiger partial charge on any atom is -0.379 e. The predicted octanol–water partition coefficient (Wildman–Crippen LogP) is 1.42. The Morgan fingerprint density at radius 2 is 2.00 bits per heavy atom. The Labute approximate surface area is 158 Å². The standard InChI is InChI=1S/C19H24N6O2/c26-18(15-3-4-17(22-13-15)23-16-5-12-27-14-16)24-8-2-9-25(11-10-24)19-20-6-1-7-21-19/h1,3-4,6-7,13,16H,2,5,8-12,14H2,(H,22,23)/t16-/m0/s1. The number of hydrogen-bond donors (Lipinski definition) is 1. The van der Waals surface area contributed by atoms with Crippen LogP contribution in [0.2, 0.25) is 0 Å². The smallest absolute Gasteiger partial charge is 0.255 e. The molecule has 0 radical (unpaired) electrons. The van der Waals surface area contributed by atoms with Crippen LogP contribution in [0.15, 0.2) is 36.8 Å². The van der Waals surface area contributed by atoms with E-state index in [1.165, 1.54) is 0 Å². The molecule has 8 nitrogen and oxygen atoms in total. The number of nitrogens with one attached hydrogen (secondary N) is 1. The van der Waals surface area contributed by atoms with Crippen LogP contribution in [0.25, 0.3) is 0 Å². The number of nitrogens with zero attached hydrogens (tertiary/aromatic N) is 5. The molecule has 1 amide bonds. The first-order valence-electron chi connectivity index (χ1n) is 9.41. The molecule has 4 rings (SSSR count). The van der Waals surface area contributed by atoms with E-state index in [4.69, 9.17) is 4.74 Å². The first kappa shape index (κ1) is 17.7. The first-order valence-corrected chi connectivity index (χ1v) is 9.41. The van der Waals surface area contributed by atoms with Crippen molar-refractivity contribution in [3.05, 3.63) is 42.4 Å². The lowest BCUT2D eigenvalue weighted by atomic mass is 10.2. The largest absolute Gasteiger partial charge is 0.379 e. The highest BCUT2D eigenvalue weighted by Crippen LogP contribution is 2.15. The molecule has 2 saturated heterocycles. The molecule has 4 heterocycles. The second kappa shape index (κ2) is 8.30. The fraction of sp³-hybridized carbons (Fsp3) is 0.474. The predicted molar refractivity (Wildman–Crippen MR) is 102 cm³/mol. The van der Waals surface area contributed by atoms with Crippen LogP contribution in [-0.2, 0) is 4.74 Å². The van der Waals surface area contributed by atoms with Gasteiger partial charge < -0.3 is 19.9 Å². The van der Waals surface area contributed by atoms with Crippen LogP contribution in [0.4, 0.5) is 11.8 Å². The molecule has 1 atom stereocenters. The van der Waals surface area contributed by atoms with Crippen LogP contribution in [0.1, 0.15) is 23.2 Å². The van der Waals surface area contributed by atoms with Crippen molar-refractivity contribution < 1.29 is 9.53 Å². The Hall–Kier alpha value is -2.74. The van der Waals surface area contributed by atoms with Gasteiger partial charge in [-0.1, -0.05) is 0 Å². The zero-order valence-electron chi connectivity index (χ0n) is 15.3. The van der Waals surface area contributed by atoms with Gasteiger partial charge in [-0.3, -0.25) is 4.79 Å². The van der Waals surface area contributed by atoms with Crippen molar-refractivity contribution in [2.75, 3.05) is 49.6 Å². The molecule has 8 heteroatoms. The Morgan fingerprint density at radius 1 is 1.11 bits per heavy atom. The SMILES string of the molecule is O=C(c1ccc(N[C@H]2CCOC2)nc1)N1CCCN(c2ncccn2)CC1. The third-order valence-electron chi connectivity index (χ3n) is 4.91. The van der Waals surface area contributed by atoms with E-state index in [1.807, 2.05) is 23.1 Å². The summed E-state index contributed by atoms with van der Waals surface area (Å²) in [6.07, 6.45) is 7.02. The van der Waals surface area contributed by atoms with Crippen LogP contribution in [0.3, 0.4) is 0 Å². The normalized spacial score (nSPS) is 20.4. The molecule has 2 aliphatic heterocycles. The Morgan fingerprint density at radius 3 is 2.74 bits per heavy atom. The van der Waals surface area contributed by atoms with Crippen molar-refractivity contribution in [1.82, 2.24) is 19.9 Å². The number of aromatic nitrogens is 3. The average Bonchev–Trinajstić information content (AvgIpc) is 3.10. The fourth-order valence-electron chi connectivity index (χ4n) is 3.42. The molecule has 0 aromatic carbocycles. The van der Waals surface area contributed by atoms with Crippen LogP contribution >= 0.6 is 0 Å². The maximum Gasteiger partial charge on any atom is 0.255 e. The fourth-order valence-corrected chi connectivity index (χ4v) is 3.42. The van der Waals surface area contributed by atoms with Gasteiger partial charge in [0.1, 0.15) is 5.82 Å². The summed E-state index contributed by atoms with van der Waals surface area (Å²) in [5, 5.41) is 3.34. The topological polar surface area (TPSA) is 83.5 Å². The maximum atomic E-state index is 12.8. The quantitative estimate of drug-likeness (QED) is 0.874. The van der Waals surface area contributed by atoms with Crippen LogP contribution < -0.4 is 10.2 Å². The highest BCUT2D eigenvalue weighted by Gasteiger charge is 2.22. The van der Waals surface area contributed by atoms with Crippen LogP contribution in [-0.4, -0.2) is 71.2 Å². The molecule has 2 fully saturated rings. The number of carbonyl (C=O) groups excluding carboxylic acids is 1. The van der Waals surface area contributed by atoms with Gasteiger partial charge in [-0.2, -0.15) is 0 Å². The molecule has 0 spiro atoms. The molecule has 0 bridgehead atoms. The van der Waals surface area contributed by atoms with E-state index in [9.17, 15) is 4.79 Å². The molecular formula is C19H24N6O2. The van der Waals surface area contributed by atoms with Gasteiger partial charge in [0.2, 0.25) is 5.95 Å². The summed E-state index contributed by atoms with van der Waals surface area (Å²) in [5.41, 5.74) is 0.618. The Bertz CT molecular complexity index is 749. The Balaban J connectivity index is 1.36. The van der Waals surface area contributed by atoms with E-state index >= 15 is 0 Å². The summed E-state index contributed by atoms with van der Waals surface area (Å²) >= 11 is 0. The molecule has 2 aliphatic rings. The highest BCUT2D eigenvalue weighted by atomic mass is 16.5. The number of rotatable bonds is 4. The lowest BCUT2D eigenvalue weighted by Gasteiger charge is -2.22. The number of carbonyl (C=O) groups is 1. The van der Waals surface area contributed by atoms with Gasteiger partial charge in [0.15, 0.2) is 0 Å². The van der Waals surface area contributed by atoms with E-state index in [2.05, 4.69) is 25.2 Å². The zero-order chi connectivity index (χ0) is 18.5. The molecule has 142 valence electrons. The van der Waals surface area contributed by atoms with Crippen molar-refractivity contribution in [1.29, 1.82) is 0 Å². The van der Waals surface area contributed by atoms with Gasteiger partial charge in [-0.05, 0) is 31.0 Å². The minimum atomic E-state index is 0.0223. The molecular weight excluding hydrogens is 344 g/mol. The number of amides is 1. The highest BCUT2D eigenvalue weighted by molar-refractivity contribution is 5.94. The second-order valence-electron chi connectivity index (χ2n) is 6.82. The average molecular weight is 368 g/mol. The maximum absolute atomic E-state index is 12.8. The van der Waals surface area contributed by atoms with E-state index in [0.717, 1.165) is 50.8 Å². The summed E-state index contributed by atoms with van der Waals surface area (Å²) in [5.74, 6) is 1.53. The van der Waals surface area contributed by atoms with E-state index in [-0.39, 0.29) is 5.91 Å². The van der Waals surface area contributed by atoms with E-state index in [0.29, 0.717) is 24.8 Å². The van der Waals surface area contributed by atoms with Crippen molar-refractivity contribution in [3.63, 3.8) is 0 Å². The van der Waals surface area contributed by atoms with Gasteiger partial charge in [0.05, 0.1) is 18.2 Å². The van der Waals surface area contributed by atoms with Gasteiger partial charge in [-0.15, -0.1) is 0 Å². The molecule has 2 aromatic rings. The summed E-state index contributed by atoms with van der Waals surface area (Å²) in [6, 6.07) is 5.82. The van der Waals surface area contributed by atoms with Gasteiger partial charge in [0, 0.05) is 51.4 Å². The summed E-state index contributed by atoms with van der Waals surface area (Å²) in [4.78, 5) is 29.9. The molecule has 0 unspecified atom stereocenters. The lowest BCUT2D eigenvalue weighted by Crippen LogP contribution is -2.35. The number of hydrogen-bond acceptors (Lipinski definition) is 7. The van der Waals surface area contributed by atoms with Crippen molar-refractivity contribution >= 4 is 17.7 Å². The monoisotopic (exact) mass is 368 g/mol. The molecule has 2 aromatic heterocycles. The van der Waals surface area contributed by atoms with Crippen LogP contribution in [0.5, 0.6) is 0 Å². The summed E-state index contributed by atoms with van der Waals surface area (Å²) in [6.45, 7) is 4.44. The van der Waals surface area contributed by atoms with Crippen molar-refractivity contribution in [2.24, 2.45) is 0 Å². The molecule has 0 aliphatic carbocycles. The molecule has 0 saturated carbocycles.